The van der Waals surface area contributed by atoms with Crippen molar-refractivity contribution >= 4 is 17.3 Å². The minimum absolute atomic E-state index is 0.825. The Balaban J connectivity index is 1.74. The van der Waals surface area contributed by atoms with Crippen LogP contribution in [0.25, 0.3) is 11.1 Å². The molecule has 4 rings (SSSR count). The molecular weight excluding hydrogens is 364 g/mol. The highest BCUT2D eigenvalue weighted by Crippen LogP contribution is 2.37. The predicted octanol–water partition coefficient (Wildman–Crippen LogP) is 6.35. The number of hydrogen-bond donors (Lipinski definition) is 1. The molecule has 2 aliphatic rings. The fourth-order valence-corrected chi connectivity index (χ4v) is 4.92. The number of aryl methyl sites for hydroxylation is 1. The van der Waals surface area contributed by atoms with Crippen molar-refractivity contribution in [2.24, 2.45) is 4.99 Å². The molecule has 0 bridgehead atoms. The van der Waals surface area contributed by atoms with Crippen molar-refractivity contribution in [3.05, 3.63) is 69.4 Å². The summed E-state index contributed by atoms with van der Waals surface area (Å²) in [5.74, 6) is 0. The summed E-state index contributed by atoms with van der Waals surface area (Å²) >= 11 is 6.94. The van der Waals surface area contributed by atoms with E-state index in [0.717, 1.165) is 54.2 Å². The Morgan fingerprint density at radius 2 is 1.89 bits per heavy atom. The third-order valence-electron chi connectivity index (χ3n) is 5.98. The zero-order valence-electron chi connectivity index (χ0n) is 16.9. The molecule has 0 aromatic heterocycles. The van der Waals surface area contributed by atoms with Gasteiger partial charge in [-0.3, -0.25) is 4.99 Å². The van der Waals surface area contributed by atoms with Crippen LogP contribution in [0.15, 0.2) is 52.7 Å². The van der Waals surface area contributed by atoms with E-state index in [0.29, 0.717) is 0 Å². The first-order valence-electron chi connectivity index (χ1n) is 10.6. The van der Waals surface area contributed by atoms with Crippen molar-refractivity contribution in [1.82, 2.24) is 5.32 Å². The van der Waals surface area contributed by atoms with Crippen molar-refractivity contribution in [2.75, 3.05) is 13.1 Å². The minimum Gasteiger partial charge on any atom is -0.311 e. The molecule has 1 aliphatic carbocycles. The van der Waals surface area contributed by atoms with Gasteiger partial charge >= 0.3 is 0 Å². The van der Waals surface area contributed by atoms with E-state index in [-0.39, 0.29) is 0 Å². The molecule has 28 heavy (non-hydrogen) atoms. The molecule has 0 atom stereocenters. The average molecular weight is 393 g/mol. The van der Waals surface area contributed by atoms with Gasteiger partial charge in [0.2, 0.25) is 0 Å². The van der Waals surface area contributed by atoms with Crippen LogP contribution in [0.2, 0.25) is 5.02 Å². The smallest absolute Gasteiger partial charge is 0.0575 e. The van der Waals surface area contributed by atoms with Crippen molar-refractivity contribution in [3.8, 4) is 11.1 Å². The van der Waals surface area contributed by atoms with Gasteiger partial charge in [0.1, 0.15) is 0 Å². The molecule has 2 nitrogen and oxygen atoms in total. The molecule has 0 saturated carbocycles. The fourth-order valence-electron chi connectivity index (χ4n) is 4.56. The van der Waals surface area contributed by atoms with E-state index in [9.17, 15) is 0 Å². The Morgan fingerprint density at radius 3 is 2.75 bits per heavy atom. The number of nitrogens with zero attached hydrogens (tertiary/aromatic N) is 1. The van der Waals surface area contributed by atoms with Crippen LogP contribution < -0.4 is 5.32 Å². The molecule has 146 valence electrons. The number of rotatable bonds is 5. The van der Waals surface area contributed by atoms with E-state index >= 15 is 0 Å². The van der Waals surface area contributed by atoms with Crippen LogP contribution in [0.1, 0.15) is 56.2 Å². The fraction of sp³-hybridized carbons (Fsp3) is 0.400. The van der Waals surface area contributed by atoms with Gasteiger partial charge in [0.05, 0.1) is 10.7 Å². The zero-order chi connectivity index (χ0) is 19.5. The van der Waals surface area contributed by atoms with Gasteiger partial charge in [0.15, 0.2) is 0 Å². The third-order valence-corrected chi connectivity index (χ3v) is 6.39. The lowest BCUT2D eigenvalue weighted by atomic mass is 9.94. The van der Waals surface area contributed by atoms with Crippen molar-refractivity contribution in [2.45, 2.75) is 52.4 Å². The van der Waals surface area contributed by atoms with Crippen LogP contribution in [-0.2, 0) is 12.8 Å². The molecule has 0 radical (unpaired) electrons. The summed E-state index contributed by atoms with van der Waals surface area (Å²) in [6, 6.07) is 13.0. The molecule has 1 N–H and O–H groups in total. The second-order valence-electron chi connectivity index (χ2n) is 7.89. The first-order valence-corrected chi connectivity index (χ1v) is 10.9. The van der Waals surface area contributed by atoms with Gasteiger partial charge in [0, 0.05) is 23.4 Å². The number of aliphatic imine (C=N–C) groups is 1. The number of hydrogen-bond acceptors (Lipinski definition) is 2. The number of benzene rings is 2. The van der Waals surface area contributed by atoms with Crippen LogP contribution in [0, 0.1) is 0 Å². The summed E-state index contributed by atoms with van der Waals surface area (Å²) < 4.78 is 0. The maximum Gasteiger partial charge on any atom is 0.0575 e. The van der Waals surface area contributed by atoms with E-state index in [2.05, 4.69) is 55.6 Å². The summed E-state index contributed by atoms with van der Waals surface area (Å²) in [6.45, 7) is 6.24. The third kappa shape index (κ3) is 3.81. The van der Waals surface area contributed by atoms with Crippen LogP contribution in [-0.4, -0.2) is 18.8 Å². The second-order valence-corrected chi connectivity index (χ2v) is 8.27. The number of halogens is 1. The molecule has 3 heteroatoms. The van der Waals surface area contributed by atoms with Crippen LogP contribution in [0.5, 0.6) is 0 Å². The molecule has 2 aromatic carbocycles. The number of fused-ring (bicyclic) bond motifs is 1. The summed E-state index contributed by atoms with van der Waals surface area (Å²) in [6.07, 6.45) is 6.98. The maximum atomic E-state index is 6.94. The second kappa shape index (κ2) is 8.63. The van der Waals surface area contributed by atoms with E-state index in [4.69, 9.17) is 16.6 Å². The zero-order valence-corrected chi connectivity index (χ0v) is 17.7. The Morgan fingerprint density at radius 1 is 1.07 bits per heavy atom. The minimum atomic E-state index is 0.825. The van der Waals surface area contributed by atoms with E-state index in [1.54, 1.807) is 0 Å². The molecule has 0 saturated heterocycles. The highest BCUT2D eigenvalue weighted by Gasteiger charge is 2.19. The molecule has 1 aliphatic heterocycles. The lowest BCUT2D eigenvalue weighted by molar-refractivity contribution is 0.645. The first-order chi connectivity index (χ1) is 13.7. The van der Waals surface area contributed by atoms with Crippen LogP contribution >= 0.6 is 11.6 Å². The summed E-state index contributed by atoms with van der Waals surface area (Å²) in [5.41, 5.74) is 10.1. The largest absolute Gasteiger partial charge is 0.311 e. The predicted molar refractivity (Wildman–Crippen MR) is 121 cm³/mol. The van der Waals surface area contributed by atoms with Crippen LogP contribution in [0.3, 0.4) is 0 Å². The standard InChI is InChI=1S/C25H29ClN2/c1-3-7-19-14-15-27-16-24(19)28-17(2)20-10-6-13-23(25(20)26)22-12-5-9-18-8-4-11-21(18)22/h5-6,9-10,12-13,27H,3-4,7-8,11,14-16H2,1-2H3. The van der Waals surface area contributed by atoms with E-state index < -0.39 is 0 Å². The number of nitrogens with one attached hydrogen (secondary N) is 1. The van der Waals surface area contributed by atoms with Gasteiger partial charge in [-0.15, -0.1) is 0 Å². The summed E-state index contributed by atoms with van der Waals surface area (Å²) in [5, 5.41) is 4.29. The van der Waals surface area contributed by atoms with Crippen molar-refractivity contribution < 1.29 is 0 Å². The Kier molecular flexibility index (Phi) is 5.99. The van der Waals surface area contributed by atoms with Crippen molar-refractivity contribution in [3.63, 3.8) is 0 Å². The molecule has 0 fully saturated rings. The van der Waals surface area contributed by atoms with Gasteiger partial charge in [-0.2, -0.15) is 0 Å². The van der Waals surface area contributed by atoms with Gasteiger partial charge in [-0.1, -0.05) is 61.3 Å². The average Bonchev–Trinajstić information content (AvgIpc) is 3.19. The topological polar surface area (TPSA) is 24.4 Å². The molecule has 2 aromatic rings. The van der Waals surface area contributed by atoms with Gasteiger partial charge < -0.3 is 5.32 Å². The van der Waals surface area contributed by atoms with Gasteiger partial charge in [-0.05, 0) is 67.8 Å². The quantitative estimate of drug-likeness (QED) is 0.589. The Hall–Kier alpha value is -1.90. The molecule has 1 heterocycles. The first kappa shape index (κ1) is 19.4. The molecular formula is C25H29ClN2. The van der Waals surface area contributed by atoms with E-state index in [1.807, 2.05) is 0 Å². The lowest BCUT2D eigenvalue weighted by Gasteiger charge is -2.19. The van der Waals surface area contributed by atoms with E-state index in [1.165, 1.54) is 47.2 Å². The highest BCUT2D eigenvalue weighted by molar-refractivity contribution is 6.36. The summed E-state index contributed by atoms with van der Waals surface area (Å²) in [7, 11) is 0. The molecule has 0 unspecified atom stereocenters. The Labute approximate surface area is 173 Å². The van der Waals surface area contributed by atoms with Crippen molar-refractivity contribution in [1.29, 1.82) is 0 Å². The van der Waals surface area contributed by atoms with Gasteiger partial charge in [0.25, 0.3) is 0 Å². The molecule has 0 amide bonds. The maximum absolute atomic E-state index is 6.94. The monoisotopic (exact) mass is 392 g/mol. The lowest BCUT2D eigenvalue weighted by Crippen LogP contribution is -2.25. The summed E-state index contributed by atoms with van der Waals surface area (Å²) in [4.78, 5) is 5.02. The van der Waals surface area contributed by atoms with Gasteiger partial charge in [-0.25, -0.2) is 0 Å². The molecule has 0 spiro atoms. The normalized spacial score (nSPS) is 17.2. The Bertz CT molecular complexity index is 940. The SMILES string of the molecule is CCCC1=C(N=C(C)c2cccc(-c3cccc4c3CCC4)c2Cl)CNCC1. The highest BCUT2D eigenvalue weighted by atomic mass is 35.5. The van der Waals surface area contributed by atoms with Crippen LogP contribution in [0.4, 0.5) is 0 Å².